The maximum atomic E-state index is 13.6. The van der Waals surface area contributed by atoms with Gasteiger partial charge in [-0.15, -0.1) is 0 Å². The molecule has 1 atom stereocenters. The number of amides is 1. The Kier molecular flexibility index (Phi) is 8.98. The summed E-state index contributed by atoms with van der Waals surface area (Å²) >= 11 is 6.26. The van der Waals surface area contributed by atoms with E-state index in [1.807, 2.05) is 30.0 Å². The minimum Gasteiger partial charge on any atom is -0.507 e. The predicted octanol–water partition coefficient (Wildman–Crippen LogP) is 7.14. The molecule has 1 aromatic heterocycles. The first-order valence-electron chi connectivity index (χ1n) is 13.3. The quantitative estimate of drug-likeness (QED) is 0.231. The number of nitrogens with one attached hydrogen (secondary N) is 1. The van der Waals surface area contributed by atoms with E-state index in [9.17, 15) is 9.90 Å². The summed E-state index contributed by atoms with van der Waals surface area (Å²) in [4.78, 5) is 15.4. The van der Waals surface area contributed by atoms with Gasteiger partial charge in [-0.1, -0.05) is 57.2 Å². The molecule has 4 rings (SSSR count). The minimum absolute atomic E-state index is 0.0557. The number of carbonyl (C=O) groups is 1. The number of phenols is 1. The van der Waals surface area contributed by atoms with Gasteiger partial charge in [0, 0.05) is 22.7 Å². The van der Waals surface area contributed by atoms with Gasteiger partial charge < -0.3 is 19.5 Å². The molecule has 8 heteroatoms. The largest absolute Gasteiger partial charge is 0.507 e. The average molecular weight is 526 g/mol. The number of ether oxygens (including phenoxy) is 2. The van der Waals surface area contributed by atoms with Crippen LogP contribution in [-0.2, 0) is 0 Å². The summed E-state index contributed by atoms with van der Waals surface area (Å²) in [6.45, 7) is 7.98. The number of unbranched alkanes of at least 4 members (excludes halogenated alkanes) is 4. The van der Waals surface area contributed by atoms with Gasteiger partial charge >= 0.3 is 0 Å². The molecule has 3 aromatic rings. The maximum absolute atomic E-state index is 13.6. The summed E-state index contributed by atoms with van der Waals surface area (Å²) in [5.41, 5.74) is 3.08. The lowest BCUT2D eigenvalue weighted by Gasteiger charge is -2.27. The number of H-pyrrole nitrogens is 1. The summed E-state index contributed by atoms with van der Waals surface area (Å²) in [5, 5.41) is 18.5. The fourth-order valence-corrected chi connectivity index (χ4v) is 5.00. The third kappa shape index (κ3) is 5.72. The molecule has 0 spiro atoms. The van der Waals surface area contributed by atoms with Gasteiger partial charge in [-0.05, 0) is 55.7 Å². The smallest absolute Gasteiger partial charge is 0.273 e. The number of aromatic hydroxyl groups is 1. The third-order valence-corrected chi connectivity index (χ3v) is 6.90. The van der Waals surface area contributed by atoms with Crippen LogP contribution in [0.1, 0.15) is 87.0 Å². The van der Waals surface area contributed by atoms with Crippen LogP contribution in [0.25, 0.3) is 11.3 Å². The second kappa shape index (κ2) is 12.4. The number of aromatic nitrogens is 2. The van der Waals surface area contributed by atoms with Crippen LogP contribution in [0.3, 0.4) is 0 Å². The Hall–Kier alpha value is -3.19. The van der Waals surface area contributed by atoms with Gasteiger partial charge in [0.1, 0.15) is 17.1 Å². The highest BCUT2D eigenvalue weighted by atomic mass is 35.5. The van der Waals surface area contributed by atoms with E-state index in [0.717, 1.165) is 49.7 Å². The van der Waals surface area contributed by atoms with Crippen LogP contribution in [-0.4, -0.2) is 45.9 Å². The molecule has 0 fully saturated rings. The van der Waals surface area contributed by atoms with Crippen molar-refractivity contribution in [2.24, 2.45) is 0 Å². The average Bonchev–Trinajstić information content (AvgIpc) is 3.43. The molecule has 1 amide bonds. The van der Waals surface area contributed by atoms with Gasteiger partial charge in [-0.3, -0.25) is 9.89 Å². The van der Waals surface area contributed by atoms with Crippen molar-refractivity contribution in [3.8, 4) is 28.5 Å². The first-order valence-corrected chi connectivity index (χ1v) is 13.7. The molecule has 198 valence electrons. The highest BCUT2D eigenvalue weighted by Crippen LogP contribution is 2.46. The van der Waals surface area contributed by atoms with Crippen molar-refractivity contribution in [2.75, 3.05) is 19.8 Å². The zero-order valence-corrected chi connectivity index (χ0v) is 22.6. The standard InChI is InChI=1S/C29H36ClN3O4/c1-4-7-9-15-33-28(19-11-14-23(24(17-19)36-6-3)37-16-10-8-5-2)25-26(31-32-27(25)29(33)35)21-18-20(30)12-13-22(21)34/h11-14,17-18,28,34H,4-10,15-16H2,1-3H3,(H,31,32). The van der Waals surface area contributed by atoms with Crippen molar-refractivity contribution < 1.29 is 19.4 Å². The van der Waals surface area contributed by atoms with Crippen molar-refractivity contribution in [1.82, 2.24) is 15.1 Å². The number of hydrogen-bond acceptors (Lipinski definition) is 5. The lowest BCUT2D eigenvalue weighted by Crippen LogP contribution is -2.30. The van der Waals surface area contributed by atoms with E-state index in [2.05, 4.69) is 24.0 Å². The van der Waals surface area contributed by atoms with Crippen molar-refractivity contribution in [3.05, 3.63) is 58.2 Å². The van der Waals surface area contributed by atoms with Crippen LogP contribution < -0.4 is 9.47 Å². The van der Waals surface area contributed by atoms with Crippen LogP contribution in [0.4, 0.5) is 0 Å². The topological polar surface area (TPSA) is 87.7 Å². The normalized spacial score (nSPS) is 14.8. The number of phenolic OH excluding ortho intramolecular Hbond substituents is 1. The van der Waals surface area contributed by atoms with Gasteiger partial charge in [0.15, 0.2) is 11.5 Å². The molecule has 2 aromatic carbocycles. The van der Waals surface area contributed by atoms with Crippen molar-refractivity contribution in [1.29, 1.82) is 0 Å². The van der Waals surface area contributed by atoms with Crippen molar-refractivity contribution >= 4 is 17.5 Å². The Balaban J connectivity index is 1.78. The van der Waals surface area contributed by atoms with E-state index in [4.69, 9.17) is 21.1 Å². The zero-order chi connectivity index (χ0) is 26.4. The van der Waals surface area contributed by atoms with Crippen LogP contribution in [0.2, 0.25) is 5.02 Å². The summed E-state index contributed by atoms with van der Waals surface area (Å²) < 4.78 is 12.0. The van der Waals surface area contributed by atoms with Gasteiger partial charge in [0.25, 0.3) is 5.91 Å². The highest BCUT2D eigenvalue weighted by Gasteiger charge is 2.42. The predicted molar refractivity (Wildman–Crippen MR) is 146 cm³/mol. The first kappa shape index (κ1) is 26.9. The Labute approximate surface area is 223 Å². The molecule has 2 N–H and O–H groups in total. The monoisotopic (exact) mass is 525 g/mol. The van der Waals surface area contributed by atoms with E-state index in [-0.39, 0.29) is 17.7 Å². The molecule has 0 saturated carbocycles. The number of benzene rings is 2. The summed E-state index contributed by atoms with van der Waals surface area (Å²) in [7, 11) is 0. The molecule has 2 heterocycles. The Bertz CT molecular complexity index is 1230. The Morgan fingerprint density at radius 1 is 1.00 bits per heavy atom. The Morgan fingerprint density at radius 2 is 1.78 bits per heavy atom. The lowest BCUT2D eigenvalue weighted by atomic mass is 9.95. The summed E-state index contributed by atoms with van der Waals surface area (Å²) in [6, 6.07) is 10.3. The van der Waals surface area contributed by atoms with E-state index >= 15 is 0 Å². The molecule has 37 heavy (non-hydrogen) atoms. The van der Waals surface area contributed by atoms with Gasteiger partial charge in [0.2, 0.25) is 0 Å². The summed E-state index contributed by atoms with van der Waals surface area (Å²) in [6.07, 6.45) is 6.20. The SMILES string of the molecule is CCCCCOc1ccc(C2c3c(-c4cc(Cl)ccc4O)n[nH]c3C(=O)N2CCCCC)cc1OCC. The third-order valence-electron chi connectivity index (χ3n) is 6.67. The highest BCUT2D eigenvalue weighted by molar-refractivity contribution is 6.31. The molecular weight excluding hydrogens is 490 g/mol. The zero-order valence-electron chi connectivity index (χ0n) is 21.8. The van der Waals surface area contributed by atoms with Gasteiger partial charge in [-0.25, -0.2) is 0 Å². The number of halogens is 1. The number of nitrogens with zero attached hydrogens (tertiary/aromatic N) is 2. The second-order valence-electron chi connectivity index (χ2n) is 9.33. The van der Waals surface area contributed by atoms with Crippen LogP contribution in [0.15, 0.2) is 36.4 Å². The number of rotatable bonds is 13. The molecule has 0 aliphatic carbocycles. The molecule has 0 radical (unpaired) electrons. The Morgan fingerprint density at radius 3 is 2.54 bits per heavy atom. The summed E-state index contributed by atoms with van der Waals surface area (Å²) in [5.74, 6) is 1.31. The number of aromatic amines is 1. The molecule has 1 unspecified atom stereocenters. The van der Waals surface area contributed by atoms with Crippen molar-refractivity contribution in [3.63, 3.8) is 0 Å². The van der Waals surface area contributed by atoms with E-state index in [0.29, 0.717) is 53.2 Å². The minimum atomic E-state index is -0.389. The molecule has 7 nitrogen and oxygen atoms in total. The number of carbonyl (C=O) groups excluding carboxylic acids is 1. The van der Waals surface area contributed by atoms with E-state index in [1.165, 1.54) is 0 Å². The fourth-order valence-electron chi connectivity index (χ4n) is 4.83. The molecule has 0 saturated heterocycles. The molecule has 1 aliphatic rings. The molecule has 0 bridgehead atoms. The second-order valence-corrected chi connectivity index (χ2v) is 9.76. The van der Waals surface area contributed by atoms with E-state index in [1.54, 1.807) is 18.2 Å². The number of hydrogen-bond donors (Lipinski definition) is 2. The maximum Gasteiger partial charge on any atom is 0.273 e. The molecular formula is C29H36ClN3O4. The van der Waals surface area contributed by atoms with Crippen LogP contribution in [0, 0.1) is 0 Å². The van der Waals surface area contributed by atoms with Crippen LogP contribution >= 0.6 is 11.6 Å². The fraction of sp³-hybridized carbons (Fsp3) is 0.448. The lowest BCUT2D eigenvalue weighted by molar-refractivity contribution is 0.0740. The van der Waals surface area contributed by atoms with Gasteiger partial charge in [0.05, 0.1) is 19.3 Å². The van der Waals surface area contributed by atoms with Crippen molar-refractivity contribution in [2.45, 2.75) is 65.3 Å². The van der Waals surface area contributed by atoms with E-state index < -0.39 is 0 Å². The first-order chi connectivity index (χ1) is 18.0. The molecule has 1 aliphatic heterocycles. The number of fused-ring (bicyclic) bond motifs is 1. The van der Waals surface area contributed by atoms with Gasteiger partial charge in [-0.2, -0.15) is 5.10 Å². The van der Waals surface area contributed by atoms with Crippen LogP contribution in [0.5, 0.6) is 17.2 Å².